The first kappa shape index (κ1) is 13.9. The third kappa shape index (κ3) is 2.84. The number of hydrogen-bond acceptors (Lipinski definition) is 3. The summed E-state index contributed by atoms with van der Waals surface area (Å²) in [6, 6.07) is 8.21. The first-order valence-corrected chi connectivity index (χ1v) is 7.91. The zero-order chi connectivity index (χ0) is 14.1. The van der Waals surface area contributed by atoms with Gasteiger partial charge in [-0.15, -0.1) is 0 Å². The van der Waals surface area contributed by atoms with Crippen molar-refractivity contribution < 1.29 is 0 Å². The van der Waals surface area contributed by atoms with E-state index in [-0.39, 0.29) is 0 Å². The fourth-order valence-electron chi connectivity index (χ4n) is 3.53. The van der Waals surface area contributed by atoms with Crippen LogP contribution in [-0.2, 0) is 6.54 Å². The highest BCUT2D eigenvalue weighted by Crippen LogP contribution is 2.29. The molecule has 20 heavy (non-hydrogen) atoms. The SMILES string of the molecule is Cc1ccc2c(c1)CNC(C)CN2C1CCN(C)CC1. The summed E-state index contributed by atoms with van der Waals surface area (Å²) < 4.78 is 0. The zero-order valence-corrected chi connectivity index (χ0v) is 13.0. The van der Waals surface area contributed by atoms with Gasteiger partial charge in [0.05, 0.1) is 0 Å². The number of fused-ring (bicyclic) bond motifs is 1. The molecule has 3 rings (SSSR count). The molecule has 2 aliphatic rings. The van der Waals surface area contributed by atoms with E-state index < -0.39 is 0 Å². The third-order valence-corrected chi connectivity index (χ3v) is 4.78. The maximum absolute atomic E-state index is 3.65. The third-order valence-electron chi connectivity index (χ3n) is 4.78. The summed E-state index contributed by atoms with van der Waals surface area (Å²) in [4.78, 5) is 5.12. The van der Waals surface area contributed by atoms with E-state index in [0.717, 1.165) is 13.1 Å². The van der Waals surface area contributed by atoms with Gasteiger partial charge < -0.3 is 15.1 Å². The van der Waals surface area contributed by atoms with Gasteiger partial charge in [0.2, 0.25) is 0 Å². The predicted octanol–water partition coefficient (Wildman–Crippen LogP) is 2.39. The standard InChI is InChI=1S/C17H27N3/c1-13-4-5-17-15(10-13)11-18-14(2)12-20(17)16-6-8-19(3)9-7-16/h4-5,10,14,16,18H,6-9,11-12H2,1-3H3. The van der Waals surface area contributed by atoms with Crippen LogP contribution in [0.3, 0.4) is 0 Å². The molecule has 0 spiro atoms. The second-order valence-corrected chi connectivity index (χ2v) is 6.60. The van der Waals surface area contributed by atoms with Crippen LogP contribution in [0.15, 0.2) is 18.2 Å². The Bertz CT molecular complexity index is 463. The van der Waals surface area contributed by atoms with Gasteiger partial charge in [0.15, 0.2) is 0 Å². The van der Waals surface area contributed by atoms with Crippen molar-refractivity contribution in [3.8, 4) is 0 Å². The van der Waals surface area contributed by atoms with Crippen molar-refractivity contribution in [2.75, 3.05) is 31.6 Å². The molecule has 1 aromatic rings. The fraction of sp³-hybridized carbons (Fsp3) is 0.647. The minimum atomic E-state index is 0.558. The van der Waals surface area contributed by atoms with Crippen molar-refractivity contribution >= 4 is 5.69 Å². The maximum atomic E-state index is 3.65. The van der Waals surface area contributed by atoms with E-state index in [4.69, 9.17) is 0 Å². The van der Waals surface area contributed by atoms with Crippen LogP contribution in [0.1, 0.15) is 30.9 Å². The Labute approximate surface area is 123 Å². The summed E-state index contributed by atoms with van der Waals surface area (Å²) in [5, 5.41) is 3.65. The van der Waals surface area contributed by atoms with Gasteiger partial charge in [-0.2, -0.15) is 0 Å². The summed E-state index contributed by atoms with van der Waals surface area (Å²) in [6.45, 7) is 9.08. The number of hydrogen-bond donors (Lipinski definition) is 1. The number of piperidine rings is 1. The highest BCUT2D eigenvalue weighted by atomic mass is 15.2. The van der Waals surface area contributed by atoms with Gasteiger partial charge in [-0.1, -0.05) is 17.7 Å². The largest absolute Gasteiger partial charge is 0.367 e. The van der Waals surface area contributed by atoms with Gasteiger partial charge in [0.1, 0.15) is 0 Å². The predicted molar refractivity (Wildman–Crippen MR) is 85.3 cm³/mol. The normalized spacial score (nSPS) is 25.4. The van der Waals surface area contributed by atoms with Gasteiger partial charge >= 0.3 is 0 Å². The molecule has 0 saturated carbocycles. The summed E-state index contributed by atoms with van der Waals surface area (Å²) in [5.74, 6) is 0. The Hall–Kier alpha value is -1.06. The Morgan fingerprint density at radius 1 is 1.20 bits per heavy atom. The molecular formula is C17H27N3. The van der Waals surface area contributed by atoms with Crippen molar-refractivity contribution in [2.45, 2.75) is 45.3 Å². The molecule has 0 bridgehead atoms. The lowest BCUT2D eigenvalue weighted by molar-refractivity contribution is 0.248. The average molecular weight is 273 g/mol. The van der Waals surface area contributed by atoms with Gasteiger partial charge in [-0.05, 0) is 58.5 Å². The van der Waals surface area contributed by atoms with Crippen LogP contribution in [0.4, 0.5) is 5.69 Å². The van der Waals surface area contributed by atoms with Crippen LogP contribution >= 0.6 is 0 Å². The molecule has 1 fully saturated rings. The molecule has 1 atom stereocenters. The molecule has 0 amide bonds. The van der Waals surface area contributed by atoms with E-state index in [0.29, 0.717) is 12.1 Å². The van der Waals surface area contributed by atoms with E-state index in [1.165, 1.54) is 42.7 Å². The van der Waals surface area contributed by atoms with Crippen molar-refractivity contribution in [3.05, 3.63) is 29.3 Å². The highest BCUT2D eigenvalue weighted by molar-refractivity contribution is 5.56. The fourth-order valence-corrected chi connectivity index (χ4v) is 3.53. The number of anilines is 1. The van der Waals surface area contributed by atoms with Gasteiger partial charge in [0.25, 0.3) is 0 Å². The molecule has 110 valence electrons. The van der Waals surface area contributed by atoms with Crippen LogP contribution in [0.5, 0.6) is 0 Å². The van der Waals surface area contributed by atoms with E-state index >= 15 is 0 Å². The minimum absolute atomic E-state index is 0.558. The van der Waals surface area contributed by atoms with Crippen molar-refractivity contribution in [2.24, 2.45) is 0 Å². The lowest BCUT2D eigenvalue weighted by Gasteiger charge is -2.39. The van der Waals surface area contributed by atoms with Crippen molar-refractivity contribution in [3.63, 3.8) is 0 Å². The smallest absolute Gasteiger partial charge is 0.0415 e. The van der Waals surface area contributed by atoms with Gasteiger partial charge in [-0.3, -0.25) is 0 Å². The van der Waals surface area contributed by atoms with Gasteiger partial charge in [-0.25, -0.2) is 0 Å². The lowest BCUT2D eigenvalue weighted by Crippen LogP contribution is -2.47. The number of nitrogens with zero attached hydrogens (tertiary/aromatic N) is 2. The summed E-state index contributed by atoms with van der Waals surface area (Å²) >= 11 is 0. The monoisotopic (exact) mass is 273 g/mol. The average Bonchev–Trinajstić information content (AvgIpc) is 2.59. The Balaban J connectivity index is 1.88. The van der Waals surface area contributed by atoms with Crippen LogP contribution in [0, 0.1) is 6.92 Å². The quantitative estimate of drug-likeness (QED) is 0.847. The molecule has 0 aliphatic carbocycles. The highest BCUT2D eigenvalue weighted by Gasteiger charge is 2.27. The Morgan fingerprint density at radius 2 is 1.95 bits per heavy atom. The molecule has 3 heteroatoms. The molecule has 0 radical (unpaired) electrons. The molecule has 0 aromatic heterocycles. The topological polar surface area (TPSA) is 18.5 Å². The second-order valence-electron chi connectivity index (χ2n) is 6.60. The van der Waals surface area contributed by atoms with Gasteiger partial charge in [0, 0.05) is 30.9 Å². The molecular weight excluding hydrogens is 246 g/mol. The number of rotatable bonds is 1. The summed E-state index contributed by atoms with van der Waals surface area (Å²) in [6.07, 6.45) is 2.58. The Morgan fingerprint density at radius 3 is 2.70 bits per heavy atom. The van der Waals surface area contributed by atoms with E-state index in [1.807, 2.05) is 0 Å². The number of likely N-dealkylation sites (tertiary alicyclic amines) is 1. The molecule has 1 unspecified atom stereocenters. The second kappa shape index (κ2) is 5.74. The minimum Gasteiger partial charge on any atom is -0.367 e. The lowest BCUT2D eigenvalue weighted by atomic mass is 10.0. The number of benzene rings is 1. The number of aryl methyl sites for hydroxylation is 1. The Kier molecular flexibility index (Phi) is 3.99. The molecule has 1 aromatic carbocycles. The van der Waals surface area contributed by atoms with E-state index in [9.17, 15) is 0 Å². The molecule has 2 heterocycles. The molecule has 1 saturated heterocycles. The van der Waals surface area contributed by atoms with Crippen LogP contribution < -0.4 is 10.2 Å². The molecule has 3 nitrogen and oxygen atoms in total. The summed E-state index contributed by atoms with van der Waals surface area (Å²) in [7, 11) is 2.24. The number of nitrogens with one attached hydrogen (secondary N) is 1. The maximum Gasteiger partial charge on any atom is 0.0415 e. The summed E-state index contributed by atoms with van der Waals surface area (Å²) in [5.41, 5.74) is 4.29. The molecule has 2 aliphatic heterocycles. The van der Waals surface area contributed by atoms with E-state index in [1.54, 1.807) is 0 Å². The molecule has 1 N–H and O–H groups in total. The zero-order valence-electron chi connectivity index (χ0n) is 13.0. The van der Waals surface area contributed by atoms with Crippen LogP contribution in [0.25, 0.3) is 0 Å². The first-order valence-electron chi connectivity index (χ1n) is 7.91. The van der Waals surface area contributed by atoms with Crippen molar-refractivity contribution in [1.82, 2.24) is 10.2 Å². The van der Waals surface area contributed by atoms with E-state index in [2.05, 4.69) is 54.2 Å². The first-order chi connectivity index (χ1) is 9.63. The van der Waals surface area contributed by atoms with Crippen molar-refractivity contribution in [1.29, 1.82) is 0 Å². The van der Waals surface area contributed by atoms with Crippen LogP contribution in [-0.4, -0.2) is 43.7 Å². The van der Waals surface area contributed by atoms with Crippen LogP contribution in [0.2, 0.25) is 0 Å².